The van der Waals surface area contributed by atoms with Gasteiger partial charge < -0.3 is 5.32 Å². The van der Waals surface area contributed by atoms with Gasteiger partial charge in [0.25, 0.3) is 0 Å². The summed E-state index contributed by atoms with van der Waals surface area (Å²) in [5.74, 6) is 2.64. The predicted octanol–water partition coefficient (Wildman–Crippen LogP) is 0.981. The summed E-state index contributed by atoms with van der Waals surface area (Å²) in [4.78, 5) is 4.50. The number of nitrogens with zero attached hydrogens (tertiary/aromatic N) is 3. The SMILES string of the molecule is Cc1nc(C2CCCNCC2)n(C)n1. The first-order chi connectivity index (χ1) is 6.77. The van der Waals surface area contributed by atoms with Crippen molar-refractivity contribution < 1.29 is 0 Å². The fourth-order valence-electron chi connectivity index (χ4n) is 2.16. The van der Waals surface area contributed by atoms with Gasteiger partial charge in [0.2, 0.25) is 0 Å². The molecule has 1 aliphatic rings. The first kappa shape index (κ1) is 9.65. The molecule has 1 N–H and O–H groups in total. The van der Waals surface area contributed by atoms with Gasteiger partial charge in [0, 0.05) is 13.0 Å². The highest BCUT2D eigenvalue weighted by atomic mass is 15.3. The van der Waals surface area contributed by atoms with Crippen LogP contribution >= 0.6 is 0 Å². The second-order valence-corrected chi connectivity index (χ2v) is 4.02. The number of rotatable bonds is 1. The van der Waals surface area contributed by atoms with E-state index in [1.165, 1.54) is 19.3 Å². The van der Waals surface area contributed by atoms with Crippen molar-refractivity contribution in [3.8, 4) is 0 Å². The molecule has 0 spiro atoms. The average Bonchev–Trinajstić information content (AvgIpc) is 2.43. The van der Waals surface area contributed by atoms with Crippen LogP contribution in [0.5, 0.6) is 0 Å². The molecule has 1 saturated heterocycles. The Labute approximate surface area is 84.7 Å². The molecule has 1 unspecified atom stereocenters. The number of nitrogens with one attached hydrogen (secondary N) is 1. The molecule has 1 fully saturated rings. The van der Waals surface area contributed by atoms with Gasteiger partial charge in [-0.25, -0.2) is 4.98 Å². The molecule has 0 aliphatic carbocycles. The molecular formula is C10H18N4. The average molecular weight is 194 g/mol. The summed E-state index contributed by atoms with van der Waals surface area (Å²) in [5, 5.41) is 7.72. The summed E-state index contributed by atoms with van der Waals surface area (Å²) >= 11 is 0. The van der Waals surface area contributed by atoms with Gasteiger partial charge in [-0.05, 0) is 39.3 Å². The van der Waals surface area contributed by atoms with E-state index in [-0.39, 0.29) is 0 Å². The minimum Gasteiger partial charge on any atom is -0.317 e. The lowest BCUT2D eigenvalue weighted by Gasteiger charge is -2.11. The van der Waals surface area contributed by atoms with Crippen molar-refractivity contribution in [1.82, 2.24) is 20.1 Å². The van der Waals surface area contributed by atoms with E-state index in [1.807, 2.05) is 18.7 Å². The Kier molecular flexibility index (Phi) is 2.82. The smallest absolute Gasteiger partial charge is 0.147 e. The standard InChI is InChI=1S/C10H18N4/c1-8-12-10(14(2)13-8)9-4-3-6-11-7-5-9/h9,11H,3-7H2,1-2H3. The van der Waals surface area contributed by atoms with Crippen LogP contribution in [0.25, 0.3) is 0 Å². The van der Waals surface area contributed by atoms with Crippen LogP contribution < -0.4 is 5.32 Å². The Balaban J connectivity index is 2.15. The van der Waals surface area contributed by atoms with E-state index >= 15 is 0 Å². The van der Waals surface area contributed by atoms with Gasteiger partial charge in [-0.3, -0.25) is 4.68 Å². The van der Waals surface area contributed by atoms with Crippen LogP contribution in [-0.4, -0.2) is 27.9 Å². The van der Waals surface area contributed by atoms with E-state index in [2.05, 4.69) is 15.4 Å². The zero-order valence-electron chi connectivity index (χ0n) is 8.95. The Morgan fingerprint density at radius 3 is 2.93 bits per heavy atom. The van der Waals surface area contributed by atoms with E-state index in [4.69, 9.17) is 0 Å². The zero-order chi connectivity index (χ0) is 9.97. The van der Waals surface area contributed by atoms with Crippen molar-refractivity contribution in [2.75, 3.05) is 13.1 Å². The summed E-state index contributed by atoms with van der Waals surface area (Å²) in [6, 6.07) is 0. The van der Waals surface area contributed by atoms with Gasteiger partial charge in [0.05, 0.1) is 0 Å². The molecule has 1 atom stereocenters. The predicted molar refractivity (Wildman–Crippen MR) is 55.2 cm³/mol. The molecule has 78 valence electrons. The summed E-state index contributed by atoms with van der Waals surface area (Å²) < 4.78 is 1.94. The maximum absolute atomic E-state index is 4.50. The molecule has 14 heavy (non-hydrogen) atoms. The minimum atomic E-state index is 0.594. The van der Waals surface area contributed by atoms with Crippen LogP contribution in [0.4, 0.5) is 0 Å². The van der Waals surface area contributed by atoms with Crippen molar-refractivity contribution in [3.63, 3.8) is 0 Å². The number of aryl methyl sites for hydroxylation is 2. The molecule has 4 heteroatoms. The van der Waals surface area contributed by atoms with Gasteiger partial charge in [-0.15, -0.1) is 0 Å². The van der Waals surface area contributed by atoms with Crippen molar-refractivity contribution in [3.05, 3.63) is 11.6 Å². The maximum atomic E-state index is 4.50. The molecule has 0 aromatic carbocycles. The zero-order valence-corrected chi connectivity index (χ0v) is 8.95. The minimum absolute atomic E-state index is 0.594. The van der Waals surface area contributed by atoms with Gasteiger partial charge in [-0.2, -0.15) is 5.10 Å². The summed E-state index contributed by atoms with van der Waals surface area (Å²) in [5.41, 5.74) is 0. The summed E-state index contributed by atoms with van der Waals surface area (Å²) in [6.45, 7) is 4.21. The topological polar surface area (TPSA) is 42.7 Å². The summed E-state index contributed by atoms with van der Waals surface area (Å²) in [7, 11) is 1.99. The van der Waals surface area contributed by atoms with Crippen LogP contribution in [0, 0.1) is 6.92 Å². The monoisotopic (exact) mass is 194 g/mol. The third kappa shape index (κ3) is 1.95. The number of hydrogen-bond acceptors (Lipinski definition) is 3. The fraction of sp³-hybridized carbons (Fsp3) is 0.800. The molecular weight excluding hydrogens is 176 g/mol. The van der Waals surface area contributed by atoms with Crippen molar-refractivity contribution >= 4 is 0 Å². The van der Waals surface area contributed by atoms with Gasteiger partial charge in [-0.1, -0.05) is 0 Å². The van der Waals surface area contributed by atoms with Gasteiger partial charge in [0.1, 0.15) is 11.6 Å². The quantitative estimate of drug-likeness (QED) is 0.724. The van der Waals surface area contributed by atoms with Crippen LogP contribution in [-0.2, 0) is 7.05 Å². The molecule has 1 aromatic heterocycles. The third-order valence-corrected chi connectivity index (χ3v) is 2.84. The highest BCUT2D eigenvalue weighted by molar-refractivity contribution is 4.99. The Hall–Kier alpha value is -0.900. The van der Waals surface area contributed by atoms with E-state index < -0.39 is 0 Å². The maximum Gasteiger partial charge on any atom is 0.147 e. The highest BCUT2D eigenvalue weighted by Gasteiger charge is 2.18. The van der Waals surface area contributed by atoms with Crippen LogP contribution in [0.1, 0.15) is 36.8 Å². The normalized spacial score (nSPS) is 23.4. The van der Waals surface area contributed by atoms with E-state index in [0.717, 1.165) is 24.7 Å². The number of aromatic nitrogens is 3. The molecule has 1 aromatic rings. The molecule has 4 nitrogen and oxygen atoms in total. The molecule has 2 heterocycles. The Morgan fingerprint density at radius 1 is 1.36 bits per heavy atom. The van der Waals surface area contributed by atoms with Crippen LogP contribution in [0.15, 0.2) is 0 Å². The second kappa shape index (κ2) is 4.09. The van der Waals surface area contributed by atoms with E-state index in [1.54, 1.807) is 0 Å². The Bertz CT molecular complexity index is 297. The Morgan fingerprint density at radius 2 is 2.21 bits per heavy atom. The molecule has 0 saturated carbocycles. The lowest BCUT2D eigenvalue weighted by atomic mass is 10.00. The molecule has 0 radical (unpaired) electrons. The van der Waals surface area contributed by atoms with Crippen molar-refractivity contribution in [1.29, 1.82) is 0 Å². The van der Waals surface area contributed by atoms with Crippen molar-refractivity contribution in [2.45, 2.75) is 32.1 Å². The van der Waals surface area contributed by atoms with Gasteiger partial charge >= 0.3 is 0 Å². The number of hydrogen-bond donors (Lipinski definition) is 1. The molecule has 2 rings (SSSR count). The lowest BCUT2D eigenvalue weighted by molar-refractivity contribution is 0.539. The van der Waals surface area contributed by atoms with Crippen molar-refractivity contribution in [2.24, 2.45) is 7.05 Å². The highest BCUT2D eigenvalue weighted by Crippen LogP contribution is 2.23. The first-order valence-electron chi connectivity index (χ1n) is 5.35. The van der Waals surface area contributed by atoms with Gasteiger partial charge in [0.15, 0.2) is 0 Å². The summed E-state index contributed by atoms with van der Waals surface area (Å²) in [6.07, 6.45) is 3.67. The fourth-order valence-corrected chi connectivity index (χ4v) is 2.16. The first-order valence-corrected chi connectivity index (χ1v) is 5.35. The van der Waals surface area contributed by atoms with Crippen LogP contribution in [0.3, 0.4) is 0 Å². The molecule has 0 bridgehead atoms. The largest absolute Gasteiger partial charge is 0.317 e. The third-order valence-electron chi connectivity index (χ3n) is 2.84. The van der Waals surface area contributed by atoms with E-state index in [0.29, 0.717) is 5.92 Å². The lowest BCUT2D eigenvalue weighted by Crippen LogP contribution is -2.14. The molecule has 0 amide bonds. The molecule has 1 aliphatic heterocycles. The van der Waals surface area contributed by atoms with E-state index in [9.17, 15) is 0 Å². The second-order valence-electron chi connectivity index (χ2n) is 4.02. The van der Waals surface area contributed by atoms with Crippen LogP contribution in [0.2, 0.25) is 0 Å².